The molecule has 0 aliphatic rings. The smallest absolute Gasteiger partial charge is 0.245 e. The van der Waals surface area contributed by atoms with Gasteiger partial charge in [-0.05, 0) is 52.0 Å². The molecule has 2 aromatic heterocycles. The van der Waals surface area contributed by atoms with Crippen LogP contribution >= 0.6 is 0 Å². The zero-order valence-corrected chi connectivity index (χ0v) is 14.6. The summed E-state index contributed by atoms with van der Waals surface area (Å²) < 4.78 is 27.0. The van der Waals surface area contributed by atoms with Crippen LogP contribution in [-0.4, -0.2) is 34.8 Å². The zero-order chi connectivity index (χ0) is 17.0. The predicted molar refractivity (Wildman–Crippen MR) is 91.1 cm³/mol. The number of sulfonamides is 1. The van der Waals surface area contributed by atoms with Gasteiger partial charge in [-0.1, -0.05) is 0 Å². The number of hydrogen-bond donors (Lipinski definition) is 1. The van der Waals surface area contributed by atoms with Gasteiger partial charge in [0.15, 0.2) is 0 Å². The summed E-state index contributed by atoms with van der Waals surface area (Å²) in [6, 6.07) is 6.62. The fourth-order valence-corrected chi connectivity index (χ4v) is 4.24. The lowest BCUT2D eigenvalue weighted by Crippen LogP contribution is -2.41. The van der Waals surface area contributed by atoms with Crippen LogP contribution in [0.25, 0.3) is 0 Å². The number of hydrogen-bond acceptors (Lipinski definition) is 5. The van der Waals surface area contributed by atoms with Crippen LogP contribution < -0.4 is 5.32 Å². The maximum Gasteiger partial charge on any atom is 0.245 e. The van der Waals surface area contributed by atoms with Gasteiger partial charge >= 0.3 is 0 Å². The highest BCUT2D eigenvalue weighted by Gasteiger charge is 2.29. The van der Waals surface area contributed by atoms with Gasteiger partial charge in [0.1, 0.15) is 10.7 Å². The molecule has 0 aliphatic heterocycles. The Balaban J connectivity index is 2.24. The van der Waals surface area contributed by atoms with Crippen molar-refractivity contribution in [1.29, 1.82) is 0 Å². The van der Waals surface area contributed by atoms with E-state index in [0.29, 0.717) is 5.82 Å². The Hall–Kier alpha value is -1.99. The molecule has 0 saturated heterocycles. The van der Waals surface area contributed by atoms with E-state index in [2.05, 4.69) is 15.3 Å². The van der Waals surface area contributed by atoms with Gasteiger partial charge < -0.3 is 5.32 Å². The third-order valence-corrected chi connectivity index (χ3v) is 5.52. The van der Waals surface area contributed by atoms with Gasteiger partial charge in [0.25, 0.3) is 0 Å². The molecule has 0 amide bonds. The third-order valence-electron chi connectivity index (χ3n) is 3.28. The van der Waals surface area contributed by atoms with E-state index in [4.69, 9.17) is 0 Å². The molecule has 0 fully saturated rings. The molecule has 1 N–H and O–H groups in total. The highest BCUT2D eigenvalue weighted by atomic mass is 32.2. The second-order valence-electron chi connectivity index (χ2n) is 5.76. The molecule has 7 heteroatoms. The number of nitrogens with zero attached hydrogens (tertiary/aromatic N) is 3. The first-order valence-corrected chi connectivity index (χ1v) is 8.93. The fourth-order valence-electron chi connectivity index (χ4n) is 2.46. The second kappa shape index (κ2) is 7.06. The van der Waals surface area contributed by atoms with Gasteiger partial charge in [0, 0.05) is 36.4 Å². The first kappa shape index (κ1) is 17.4. The van der Waals surface area contributed by atoms with Crippen molar-refractivity contribution in [2.24, 2.45) is 0 Å². The van der Waals surface area contributed by atoms with Gasteiger partial charge in [-0.25, -0.2) is 13.4 Å². The minimum absolute atomic E-state index is 0.116. The zero-order valence-electron chi connectivity index (χ0n) is 13.8. The van der Waals surface area contributed by atoms with Crippen LogP contribution in [-0.2, 0) is 10.0 Å². The van der Waals surface area contributed by atoms with E-state index in [1.807, 2.05) is 39.8 Å². The molecule has 124 valence electrons. The van der Waals surface area contributed by atoms with E-state index in [1.165, 1.54) is 10.5 Å². The topological polar surface area (TPSA) is 75.2 Å². The number of aromatic nitrogens is 2. The van der Waals surface area contributed by atoms with Crippen molar-refractivity contribution in [2.75, 3.05) is 5.32 Å². The van der Waals surface area contributed by atoms with E-state index in [-0.39, 0.29) is 17.0 Å². The van der Waals surface area contributed by atoms with Crippen LogP contribution in [0.4, 0.5) is 11.5 Å². The number of nitrogens with one attached hydrogen (secondary N) is 1. The van der Waals surface area contributed by atoms with Gasteiger partial charge in [-0.3, -0.25) is 4.98 Å². The van der Waals surface area contributed by atoms with Gasteiger partial charge in [-0.15, -0.1) is 0 Å². The van der Waals surface area contributed by atoms with Crippen LogP contribution in [0.2, 0.25) is 0 Å². The molecule has 0 radical (unpaired) electrons. The van der Waals surface area contributed by atoms with Crippen molar-refractivity contribution in [2.45, 2.75) is 44.7 Å². The number of anilines is 2. The Bertz CT molecular complexity index is 720. The molecule has 2 aromatic rings. The lowest BCUT2D eigenvalue weighted by atomic mass is 10.3. The summed E-state index contributed by atoms with van der Waals surface area (Å²) in [5.74, 6) is 0.579. The molecule has 0 bridgehead atoms. The van der Waals surface area contributed by atoms with Gasteiger partial charge in [-0.2, -0.15) is 4.31 Å². The largest absolute Gasteiger partial charge is 0.340 e. The summed E-state index contributed by atoms with van der Waals surface area (Å²) in [7, 11) is -3.56. The second-order valence-corrected chi connectivity index (χ2v) is 7.61. The Morgan fingerprint density at radius 3 is 2.09 bits per heavy atom. The van der Waals surface area contributed by atoms with Crippen LogP contribution in [0.15, 0.2) is 47.8 Å². The van der Waals surface area contributed by atoms with Crippen molar-refractivity contribution in [3.8, 4) is 0 Å². The van der Waals surface area contributed by atoms with Crippen LogP contribution in [0, 0.1) is 0 Å². The molecule has 0 unspecified atom stereocenters. The molecular formula is C16H22N4O2S. The van der Waals surface area contributed by atoms with Crippen LogP contribution in [0.3, 0.4) is 0 Å². The maximum atomic E-state index is 12.7. The molecule has 0 aromatic carbocycles. The highest BCUT2D eigenvalue weighted by molar-refractivity contribution is 7.89. The van der Waals surface area contributed by atoms with E-state index in [9.17, 15) is 8.42 Å². The number of pyridine rings is 2. The predicted octanol–water partition coefficient (Wildman–Crippen LogP) is 3.03. The fraction of sp³-hybridized carbons (Fsp3) is 0.375. The molecule has 0 saturated carbocycles. The molecule has 23 heavy (non-hydrogen) atoms. The maximum absolute atomic E-state index is 12.7. The molecule has 2 heterocycles. The molecule has 0 spiro atoms. The van der Waals surface area contributed by atoms with E-state index >= 15 is 0 Å². The van der Waals surface area contributed by atoms with E-state index in [1.54, 1.807) is 24.5 Å². The van der Waals surface area contributed by atoms with Crippen molar-refractivity contribution in [1.82, 2.24) is 14.3 Å². The summed E-state index contributed by atoms with van der Waals surface area (Å²) in [4.78, 5) is 8.34. The monoisotopic (exact) mass is 334 g/mol. The lowest BCUT2D eigenvalue weighted by Gasteiger charge is -2.29. The molecule has 0 atom stereocenters. The summed E-state index contributed by atoms with van der Waals surface area (Å²) >= 11 is 0. The SMILES string of the molecule is CC(C)N(C(C)C)S(=O)(=O)c1ccc(Nc2ccncc2)nc1. The summed E-state index contributed by atoms with van der Waals surface area (Å²) in [5, 5.41) is 3.10. The summed E-state index contributed by atoms with van der Waals surface area (Å²) in [6.45, 7) is 7.46. The van der Waals surface area contributed by atoms with Gasteiger partial charge in [0.2, 0.25) is 10.0 Å². The summed E-state index contributed by atoms with van der Waals surface area (Å²) in [6.07, 6.45) is 4.73. The Labute approximate surface area is 137 Å². The van der Waals surface area contributed by atoms with Crippen molar-refractivity contribution < 1.29 is 8.42 Å². The lowest BCUT2D eigenvalue weighted by molar-refractivity contribution is 0.302. The molecule has 2 rings (SSSR count). The first-order valence-electron chi connectivity index (χ1n) is 7.49. The minimum Gasteiger partial charge on any atom is -0.340 e. The molecule has 0 aliphatic carbocycles. The Kier molecular flexibility index (Phi) is 5.33. The quantitative estimate of drug-likeness (QED) is 0.879. The van der Waals surface area contributed by atoms with Gasteiger partial charge in [0.05, 0.1) is 0 Å². The van der Waals surface area contributed by atoms with E-state index < -0.39 is 10.0 Å². The average molecular weight is 334 g/mol. The Morgan fingerprint density at radius 1 is 1.00 bits per heavy atom. The van der Waals surface area contributed by atoms with E-state index in [0.717, 1.165) is 5.69 Å². The Morgan fingerprint density at radius 2 is 1.61 bits per heavy atom. The standard InChI is InChI=1S/C16H22N4O2S/c1-12(2)20(13(3)4)23(21,22)15-5-6-16(18-11-15)19-14-7-9-17-10-8-14/h5-13H,1-4H3,(H,17,18,19). The highest BCUT2D eigenvalue weighted by Crippen LogP contribution is 2.22. The van der Waals surface area contributed by atoms with Crippen molar-refractivity contribution >= 4 is 21.5 Å². The van der Waals surface area contributed by atoms with Crippen LogP contribution in [0.5, 0.6) is 0 Å². The normalized spacial score (nSPS) is 12.1. The third kappa shape index (κ3) is 4.05. The molecular weight excluding hydrogens is 312 g/mol. The van der Waals surface area contributed by atoms with Crippen molar-refractivity contribution in [3.05, 3.63) is 42.9 Å². The minimum atomic E-state index is -3.56. The average Bonchev–Trinajstić information content (AvgIpc) is 2.47. The van der Waals surface area contributed by atoms with Crippen molar-refractivity contribution in [3.63, 3.8) is 0 Å². The summed E-state index contributed by atoms with van der Waals surface area (Å²) in [5.41, 5.74) is 0.842. The molecule has 6 nitrogen and oxygen atoms in total. The van der Waals surface area contributed by atoms with Crippen LogP contribution in [0.1, 0.15) is 27.7 Å². The first-order chi connectivity index (χ1) is 10.8. The number of rotatable bonds is 6.